The maximum Gasteiger partial charge on any atom is 0.303 e. The summed E-state index contributed by atoms with van der Waals surface area (Å²) in [6, 6.07) is 8.02. The summed E-state index contributed by atoms with van der Waals surface area (Å²) in [4.78, 5) is 43.2. The molecule has 0 radical (unpaired) electrons. The number of aliphatic carboxylic acids is 1. The number of fused-ring (bicyclic) bond motifs is 1. The lowest BCUT2D eigenvalue weighted by Gasteiger charge is -2.13. The van der Waals surface area contributed by atoms with E-state index in [1.54, 1.807) is 0 Å². The lowest BCUT2D eigenvalue weighted by molar-refractivity contribution is -0.137. The summed E-state index contributed by atoms with van der Waals surface area (Å²) in [7, 11) is 0. The Hall–Kier alpha value is -3.29. The molecule has 3 N–H and O–H groups in total. The van der Waals surface area contributed by atoms with Crippen LogP contribution in [0.2, 0.25) is 0 Å². The van der Waals surface area contributed by atoms with Crippen molar-refractivity contribution < 1.29 is 19.5 Å². The lowest BCUT2D eigenvalue weighted by Crippen LogP contribution is -2.36. The first kappa shape index (κ1) is 18.5. The van der Waals surface area contributed by atoms with Crippen LogP contribution < -0.4 is 10.6 Å². The second-order valence-corrected chi connectivity index (χ2v) is 6.40. The monoisotopic (exact) mass is 368 g/mol. The summed E-state index contributed by atoms with van der Waals surface area (Å²) in [6.45, 7) is 0. The Morgan fingerprint density at radius 1 is 1.04 bits per heavy atom. The molecular formula is C19H20N4O4. The van der Waals surface area contributed by atoms with Crippen molar-refractivity contribution in [3.8, 4) is 0 Å². The minimum Gasteiger partial charge on any atom is -0.481 e. The number of hydrogen-bond donors (Lipinski definition) is 3. The molecule has 0 unspecified atom stereocenters. The molecule has 0 bridgehead atoms. The van der Waals surface area contributed by atoms with Crippen LogP contribution >= 0.6 is 0 Å². The van der Waals surface area contributed by atoms with Gasteiger partial charge in [-0.1, -0.05) is 24.3 Å². The van der Waals surface area contributed by atoms with E-state index in [1.165, 1.54) is 23.5 Å². The highest BCUT2D eigenvalue weighted by molar-refractivity contribution is 6.01. The van der Waals surface area contributed by atoms with E-state index in [0.717, 1.165) is 12.8 Å². The summed E-state index contributed by atoms with van der Waals surface area (Å²) in [5.74, 6) is -1.69. The fraction of sp³-hybridized carbons (Fsp3) is 0.316. The molecule has 8 nitrogen and oxygen atoms in total. The average Bonchev–Trinajstić information content (AvgIpc) is 3.04. The normalized spacial score (nSPS) is 13.0. The molecule has 0 atom stereocenters. The van der Waals surface area contributed by atoms with Crippen molar-refractivity contribution in [1.82, 2.24) is 15.3 Å². The molecule has 1 aromatic carbocycles. The van der Waals surface area contributed by atoms with Gasteiger partial charge in [-0.25, -0.2) is 9.97 Å². The largest absolute Gasteiger partial charge is 0.481 e. The van der Waals surface area contributed by atoms with Gasteiger partial charge in [-0.05, 0) is 30.4 Å². The van der Waals surface area contributed by atoms with E-state index in [4.69, 9.17) is 5.11 Å². The number of rotatable bonds is 7. The molecule has 8 heteroatoms. The van der Waals surface area contributed by atoms with Crippen LogP contribution in [0.1, 0.15) is 40.9 Å². The number of carbonyl (C=O) groups is 3. The molecule has 1 aliphatic rings. The van der Waals surface area contributed by atoms with Crippen molar-refractivity contribution in [3.05, 3.63) is 53.5 Å². The molecule has 2 aromatic rings. The third kappa shape index (κ3) is 4.87. The first-order valence-corrected chi connectivity index (χ1v) is 8.73. The Labute approximate surface area is 156 Å². The second-order valence-electron chi connectivity index (χ2n) is 6.40. The highest BCUT2D eigenvalue weighted by atomic mass is 16.4. The molecule has 1 heterocycles. The topological polar surface area (TPSA) is 121 Å². The van der Waals surface area contributed by atoms with Crippen molar-refractivity contribution in [2.45, 2.75) is 38.1 Å². The zero-order valence-corrected chi connectivity index (χ0v) is 14.6. The van der Waals surface area contributed by atoms with E-state index in [-0.39, 0.29) is 36.8 Å². The predicted octanol–water partition coefficient (Wildman–Crippen LogP) is 1.57. The Bertz CT molecular complexity index is 843. The second kappa shape index (κ2) is 8.39. The quantitative estimate of drug-likeness (QED) is 0.682. The van der Waals surface area contributed by atoms with E-state index in [0.29, 0.717) is 0 Å². The van der Waals surface area contributed by atoms with Crippen LogP contribution in [0.4, 0.5) is 5.82 Å². The summed E-state index contributed by atoms with van der Waals surface area (Å²) < 4.78 is 0. The number of nitrogens with zero attached hydrogens (tertiary/aromatic N) is 2. The van der Waals surface area contributed by atoms with Crippen LogP contribution in [-0.2, 0) is 22.4 Å². The number of amides is 2. The molecule has 0 saturated carbocycles. The van der Waals surface area contributed by atoms with Crippen LogP contribution in [0.15, 0.2) is 36.7 Å². The molecule has 1 aliphatic carbocycles. The maximum absolute atomic E-state index is 12.6. The number of carboxylic acid groups (broad SMARTS) is 1. The minimum atomic E-state index is -0.958. The number of anilines is 1. The van der Waals surface area contributed by atoms with Crippen molar-refractivity contribution in [2.24, 2.45) is 0 Å². The smallest absolute Gasteiger partial charge is 0.303 e. The Morgan fingerprint density at radius 2 is 1.70 bits per heavy atom. The minimum absolute atomic E-state index is 0.0296. The molecule has 27 heavy (non-hydrogen) atoms. The fourth-order valence-electron chi connectivity index (χ4n) is 3.11. The lowest BCUT2D eigenvalue weighted by atomic mass is 10.1. The Morgan fingerprint density at radius 3 is 2.37 bits per heavy atom. The molecule has 140 valence electrons. The van der Waals surface area contributed by atoms with Gasteiger partial charge in [0.25, 0.3) is 5.91 Å². The van der Waals surface area contributed by atoms with Crippen molar-refractivity contribution in [3.63, 3.8) is 0 Å². The zero-order chi connectivity index (χ0) is 19.2. The van der Waals surface area contributed by atoms with Crippen LogP contribution in [0.5, 0.6) is 0 Å². The molecule has 2 amide bonds. The SMILES string of the molecule is O=C(O)CCCC(=O)Nc1nccnc1C(=O)NC1Cc2ccccc2C1. The maximum atomic E-state index is 12.6. The highest BCUT2D eigenvalue weighted by Gasteiger charge is 2.25. The Kier molecular flexibility index (Phi) is 5.75. The van der Waals surface area contributed by atoms with Gasteiger partial charge in [-0.3, -0.25) is 14.4 Å². The summed E-state index contributed by atoms with van der Waals surface area (Å²) in [5, 5.41) is 14.1. The number of aromatic nitrogens is 2. The van der Waals surface area contributed by atoms with Gasteiger partial charge >= 0.3 is 5.97 Å². The molecule has 0 spiro atoms. The number of carboxylic acids is 1. The first-order valence-electron chi connectivity index (χ1n) is 8.73. The third-order valence-corrected chi connectivity index (χ3v) is 4.35. The molecule has 0 aliphatic heterocycles. The van der Waals surface area contributed by atoms with E-state index >= 15 is 0 Å². The summed E-state index contributed by atoms with van der Waals surface area (Å²) >= 11 is 0. The fourth-order valence-corrected chi connectivity index (χ4v) is 3.11. The van der Waals surface area contributed by atoms with E-state index in [9.17, 15) is 14.4 Å². The third-order valence-electron chi connectivity index (χ3n) is 4.35. The zero-order valence-electron chi connectivity index (χ0n) is 14.6. The molecule has 0 saturated heterocycles. The Balaban J connectivity index is 1.61. The number of hydrogen-bond acceptors (Lipinski definition) is 5. The first-order chi connectivity index (χ1) is 13.0. The van der Waals surface area contributed by atoms with Gasteiger partial charge in [-0.15, -0.1) is 0 Å². The molecule has 3 rings (SSSR count). The van der Waals surface area contributed by atoms with Crippen LogP contribution in [0.25, 0.3) is 0 Å². The van der Waals surface area contributed by atoms with Gasteiger partial charge in [0, 0.05) is 31.3 Å². The van der Waals surface area contributed by atoms with Gasteiger partial charge in [-0.2, -0.15) is 0 Å². The van der Waals surface area contributed by atoms with Crippen LogP contribution in [0.3, 0.4) is 0 Å². The van der Waals surface area contributed by atoms with Gasteiger partial charge in [0.1, 0.15) is 0 Å². The van der Waals surface area contributed by atoms with Gasteiger partial charge < -0.3 is 15.7 Å². The van der Waals surface area contributed by atoms with Gasteiger partial charge in [0.15, 0.2) is 11.5 Å². The van der Waals surface area contributed by atoms with Gasteiger partial charge in [0.05, 0.1) is 0 Å². The van der Waals surface area contributed by atoms with Crippen LogP contribution in [-0.4, -0.2) is 38.9 Å². The predicted molar refractivity (Wildman–Crippen MR) is 97.3 cm³/mol. The molecule has 0 fully saturated rings. The van der Waals surface area contributed by atoms with Crippen molar-refractivity contribution in [1.29, 1.82) is 0 Å². The average molecular weight is 368 g/mol. The van der Waals surface area contributed by atoms with Crippen molar-refractivity contribution in [2.75, 3.05) is 5.32 Å². The highest BCUT2D eigenvalue weighted by Crippen LogP contribution is 2.22. The summed E-state index contributed by atoms with van der Waals surface area (Å²) in [5.41, 5.74) is 2.47. The standard InChI is InChI=1S/C19H20N4O4/c24-15(6-3-7-16(25)26)23-18-17(20-8-9-21-18)19(27)22-14-10-12-4-1-2-5-13(12)11-14/h1-2,4-5,8-9,14H,3,6-7,10-11H2,(H,22,27)(H,25,26)(H,21,23,24). The number of carbonyl (C=O) groups excluding carboxylic acids is 2. The number of benzene rings is 1. The number of nitrogens with one attached hydrogen (secondary N) is 2. The summed E-state index contributed by atoms with van der Waals surface area (Å²) in [6.07, 6.45) is 4.42. The molecule has 1 aromatic heterocycles. The molecular weight excluding hydrogens is 348 g/mol. The van der Waals surface area contributed by atoms with E-state index in [1.807, 2.05) is 24.3 Å². The van der Waals surface area contributed by atoms with Crippen LogP contribution in [0, 0.1) is 0 Å². The van der Waals surface area contributed by atoms with E-state index < -0.39 is 17.8 Å². The van der Waals surface area contributed by atoms with Gasteiger partial charge in [0.2, 0.25) is 5.91 Å². The van der Waals surface area contributed by atoms with Crippen molar-refractivity contribution >= 4 is 23.6 Å². The van der Waals surface area contributed by atoms with E-state index in [2.05, 4.69) is 20.6 Å².